The van der Waals surface area contributed by atoms with E-state index in [9.17, 15) is 4.79 Å². The van der Waals surface area contributed by atoms with Crippen molar-refractivity contribution in [3.05, 3.63) is 54.1 Å². The second-order valence-electron chi connectivity index (χ2n) is 4.73. The first kappa shape index (κ1) is 14.9. The molecule has 0 aliphatic heterocycles. The van der Waals surface area contributed by atoms with Crippen LogP contribution in [0.3, 0.4) is 0 Å². The van der Waals surface area contributed by atoms with Gasteiger partial charge in [-0.1, -0.05) is 18.2 Å². The van der Waals surface area contributed by atoms with Gasteiger partial charge in [-0.2, -0.15) is 0 Å². The maximum absolute atomic E-state index is 12.4. The number of hydrogen-bond donors (Lipinski definition) is 1. The zero-order valence-electron chi connectivity index (χ0n) is 12.4. The fraction of sp³-hybridized carbons (Fsp3) is 0.235. The van der Waals surface area contributed by atoms with E-state index in [0.717, 1.165) is 12.2 Å². The van der Waals surface area contributed by atoms with Crippen molar-refractivity contribution in [1.29, 1.82) is 0 Å². The molecule has 0 unspecified atom stereocenters. The lowest BCUT2D eigenvalue weighted by atomic mass is 10.1. The Labute approximate surface area is 125 Å². The standard InChI is InChI=1S/C17H20N2O2/c1-3-19(14-7-5-4-6-8-14)12-16(20)13-9-10-17(21-2)15(18)11-13/h4-11H,3,12,18H2,1-2H3. The van der Waals surface area contributed by atoms with Gasteiger partial charge in [0.25, 0.3) is 0 Å². The van der Waals surface area contributed by atoms with Crippen LogP contribution in [0.1, 0.15) is 17.3 Å². The van der Waals surface area contributed by atoms with E-state index in [1.165, 1.54) is 0 Å². The highest BCUT2D eigenvalue weighted by molar-refractivity contribution is 6.00. The number of Topliss-reactive ketones (excluding diaryl/α,β-unsaturated/α-hetero) is 1. The molecule has 4 nitrogen and oxygen atoms in total. The first-order valence-electron chi connectivity index (χ1n) is 6.92. The molecule has 110 valence electrons. The Hall–Kier alpha value is -2.49. The normalized spacial score (nSPS) is 10.2. The zero-order valence-corrected chi connectivity index (χ0v) is 12.4. The van der Waals surface area contributed by atoms with Gasteiger partial charge in [0.1, 0.15) is 5.75 Å². The van der Waals surface area contributed by atoms with Crippen molar-refractivity contribution in [3.63, 3.8) is 0 Å². The van der Waals surface area contributed by atoms with Crippen LogP contribution in [0.25, 0.3) is 0 Å². The van der Waals surface area contributed by atoms with Crippen LogP contribution in [0, 0.1) is 0 Å². The van der Waals surface area contributed by atoms with Gasteiger partial charge in [-0.05, 0) is 37.3 Å². The molecule has 0 radical (unpaired) electrons. The number of hydrogen-bond acceptors (Lipinski definition) is 4. The molecular weight excluding hydrogens is 264 g/mol. The number of likely N-dealkylation sites (N-methyl/N-ethyl adjacent to an activating group) is 1. The van der Waals surface area contributed by atoms with Crippen molar-refractivity contribution in [2.75, 3.05) is 30.8 Å². The lowest BCUT2D eigenvalue weighted by molar-refractivity contribution is 0.0999. The van der Waals surface area contributed by atoms with Gasteiger partial charge in [0, 0.05) is 17.8 Å². The second kappa shape index (κ2) is 6.79. The summed E-state index contributed by atoms with van der Waals surface area (Å²) < 4.78 is 5.10. The minimum Gasteiger partial charge on any atom is -0.495 e. The van der Waals surface area contributed by atoms with Gasteiger partial charge in [-0.25, -0.2) is 0 Å². The molecule has 0 heterocycles. The number of carbonyl (C=O) groups is 1. The Kier molecular flexibility index (Phi) is 4.82. The summed E-state index contributed by atoms with van der Waals surface area (Å²) in [5, 5.41) is 0. The third-order valence-corrected chi connectivity index (χ3v) is 3.39. The van der Waals surface area contributed by atoms with E-state index in [2.05, 4.69) is 0 Å². The summed E-state index contributed by atoms with van der Waals surface area (Å²) in [6, 6.07) is 15.0. The van der Waals surface area contributed by atoms with Crippen LogP contribution in [0.15, 0.2) is 48.5 Å². The molecule has 0 bridgehead atoms. The Morgan fingerprint density at radius 2 is 1.90 bits per heavy atom. The molecule has 0 aliphatic carbocycles. The quantitative estimate of drug-likeness (QED) is 0.654. The first-order valence-corrected chi connectivity index (χ1v) is 6.92. The molecule has 2 aromatic rings. The van der Waals surface area contributed by atoms with E-state index in [4.69, 9.17) is 10.5 Å². The topological polar surface area (TPSA) is 55.6 Å². The van der Waals surface area contributed by atoms with Crippen molar-refractivity contribution in [1.82, 2.24) is 0 Å². The van der Waals surface area contributed by atoms with Crippen molar-refractivity contribution < 1.29 is 9.53 Å². The Morgan fingerprint density at radius 3 is 2.48 bits per heavy atom. The third-order valence-electron chi connectivity index (χ3n) is 3.39. The van der Waals surface area contributed by atoms with Crippen molar-refractivity contribution in [2.24, 2.45) is 0 Å². The number of benzene rings is 2. The smallest absolute Gasteiger partial charge is 0.182 e. The number of ketones is 1. The summed E-state index contributed by atoms with van der Waals surface area (Å²) in [4.78, 5) is 14.4. The summed E-state index contributed by atoms with van der Waals surface area (Å²) in [6.45, 7) is 3.12. The minimum atomic E-state index is 0.0371. The number of nitrogen functional groups attached to an aromatic ring is 1. The number of nitrogens with zero attached hydrogens (tertiary/aromatic N) is 1. The number of methoxy groups -OCH3 is 1. The Morgan fingerprint density at radius 1 is 1.19 bits per heavy atom. The van der Waals surface area contributed by atoms with Crippen LogP contribution in [-0.2, 0) is 0 Å². The summed E-state index contributed by atoms with van der Waals surface area (Å²) in [5.41, 5.74) is 7.97. The largest absolute Gasteiger partial charge is 0.495 e. The number of ether oxygens (including phenoxy) is 1. The third kappa shape index (κ3) is 3.54. The molecule has 0 atom stereocenters. The highest BCUT2D eigenvalue weighted by Gasteiger charge is 2.13. The second-order valence-corrected chi connectivity index (χ2v) is 4.73. The van der Waals surface area contributed by atoms with Crippen LogP contribution in [0.5, 0.6) is 5.75 Å². The van der Waals surface area contributed by atoms with Crippen LogP contribution >= 0.6 is 0 Å². The van der Waals surface area contributed by atoms with Gasteiger partial charge in [-0.3, -0.25) is 4.79 Å². The number of para-hydroxylation sites is 1. The molecule has 0 fully saturated rings. The number of nitrogens with two attached hydrogens (primary N) is 1. The van der Waals surface area contributed by atoms with Gasteiger partial charge >= 0.3 is 0 Å². The summed E-state index contributed by atoms with van der Waals surface area (Å²) in [5.74, 6) is 0.622. The predicted octanol–water partition coefficient (Wildman–Crippen LogP) is 2.99. The maximum atomic E-state index is 12.4. The minimum absolute atomic E-state index is 0.0371. The monoisotopic (exact) mass is 284 g/mol. The van der Waals surface area contributed by atoms with Crippen LogP contribution < -0.4 is 15.4 Å². The lowest BCUT2D eigenvalue weighted by Crippen LogP contribution is -2.29. The fourth-order valence-corrected chi connectivity index (χ4v) is 2.20. The first-order chi connectivity index (χ1) is 10.2. The van der Waals surface area contributed by atoms with E-state index in [0.29, 0.717) is 23.5 Å². The molecule has 0 saturated heterocycles. The van der Waals surface area contributed by atoms with E-state index in [1.54, 1.807) is 25.3 Å². The predicted molar refractivity (Wildman–Crippen MR) is 86.1 cm³/mol. The molecule has 0 aliphatic rings. The zero-order chi connectivity index (χ0) is 15.2. The van der Waals surface area contributed by atoms with Gasteiger partial charge < -0.3 is 15.4 Å². The van der Waals surface area contributed by atoms with Crippen molar-refractivity contribution in [2.45, 2.75) is 6.92 Å². The van der Waals surface area contributed by atoms with Gasteiger partial charge in [0.05, 0.1) is 19.3 Å². The molecule has 4 heteroatoms. The molecule has 0 aromatic heterocycles. The lowest BCUT2D eigenvalue weighted by Gasteiger charge is -2.22. The summed E-state index contributed by atoms with van der Waals surface area (Å²) in [7, 11) is 1.56. The van der Waals surface area contributed by atoms with E-state index >= 15 is 0 Å². The van der Waals surface area contributed by atoms with E-state index < -0.39 is 0 Å². The maximum Gasteiger partial charge on any atom is 0.182 e. The van der Waals surface area contributed by atoms with Crippen LogP contribution in [0.2, 0.25) is 0 Å². The van der Waals surface area contributed by atoms with Crippen LogP contribution in [-0.4, -0.2) is 26.0 Å². The molecule has 2 N–H and O–H groups in total. The Bertz CT molecular complexity index is 611. The van der Waals surface area contributed by atoms with Crippen LogP contribution in [0.4, 0.5) is 11.4 Å². The van der Waals surface area contributed by atoms with Gasteiger partial charge in [-0.15, -0.1) is 0 Å². The average molecular weight is 284 g/mol. The summed E-state index contributed by atoms with van der Waals surface area (Å²) >= 11 is 0. The van der Waals surface area contributed by atoms with E-state index in [-0.39, 0.29) is 5.78 Å². The molecule has 2 aromatic carbocycles. The summed E-state index contributed by atoms with van der Waals surface area (Å²) in [6.07, 6.45) is 0. The van der Waals surface area contributed by atoms with Crippen molar-refractivity contribution in [3.8, 4) is 5.75 Å². The average Bonchev–Trinajstić information content (AvgIpc) is 2.53. The molecular formula is C17H20N2O2. The number of rotatable bonds is 6. The van der Waals surface area contributed by atoms with E-state index in [1.807, 2.05) is 42.2 Å². The fourth-order valence-electron chi connectivity index (χ4n) is 2.20. The Balaban J connectivity index is 2.15. The highest BCUT2D eigenvalue weighted by Crippen LogP contribution is 2.22. The highest BCUT2D eigenvalue weighted by atomic mass is 16.5. The van der Waals surface area contributed by atoms with Crippen molar-refractivity contribution >= 4 is 17.2 Å². The van der Waals surface area contributed by atoms with Gasteiger partial charge in [0.2, 0.25) is 0 Å². The molecule has 0 saturated carbocycles. The SMILES string of the molecule is CCN(CC(=O)c1ccc(OC)c(N)c1)c1ccccc1. The van der Waals surface area contributed by atoms with Gasteiger partial charge in [0.15, 0.2) is 5.78 Å². The molecule has 0 spiro atoms. The molecule has 21 heavy (non-hydrogen) atoms. The molecule has 2 rings (SSSR count). The number of carbonyl (C=O) groups excluding carboxylic acids is 1. The molecule has 0 amide bonds. The number of anilines is 2.